The molecule has 0 bridgehead atoms. The first-order valence-electron chi connectivity index (χ1n) is 8.15. The number of amides is 1. The summed E-state index contributed by atoms with van der Waals surface area (Å²) in [6.07, 6.45) is 3.20. The lowest BCUT2D eigenvalue weighted by atomic mass is 9.72. The average molecular weight is 310 g/mol. The van der Waals surface area contributed by atoms with Crippen molar-refractivity contribution in [2.75, 3.05) is 27.2 Å². The number of nitrogens with one attached hydrogen (secondary N) is 1. The van der Waals surface area contributed by atoms with Gasteiger partial charge >= 0.3 is 0 Å². The Balaban J connectivity index is 2.72. The molecule has 0 radical (unpaired) electrons. The third-order valence-corrected chi connectivity index (χ3v) is 4.20. The van der Waals surface area contributed by atoms with Gasteiger partial charge in [-0.2, -0.15) is 0 Å². The lowest BCUT2D eigenvalue weighted by molar-refractivity contribution is -0.147. The van der Waals surface area contributed by atoms with Gasteiger partial charge in [0.2, 0.25) is 17.5 Å². The second kappa shape index (κ2) is 7.86. The molecule has 126 valence electrons. The Morgan fingerprint density at radius 1 is 1.05 bits per heavy atom. The fraction of sp³-hybridized carbons (Fsp3) is 0.824. The fourth-order valence-corrected chi connectivity index (χ4v) is 2.83. The van der Waals surface area contributed by atoms with Gasteiger partial charge in [0, 0.05) is 30.3 Å². The van der Waals surface area contributed by atoms with Gasteiger partial charge in [-0.25, -0.2) is 0 Å². The molecule has 1 N–H and O–H groups in total. The summed E-state index contributed by atoms with van der Waals surface area (Å²) < 4.78 is 0. The van der Waals surface area contributed by atoms with Crippen LogP contribution in [0.2, 0.25) is 0 Å². The summed E-state index contributed by atoms with van der Waals surface area (Å²) in [6, 6.07) is 0. The highest BCUT2D eigenvalue weighted by molar-refractivity contribution is 6.40. The van der Waals surface area contributed by atoms with Crippen molar-refractivity contribution in [1.82, 2.24) is 10.2 Å². The molecule has 0 aromatic carbocycles. The first kappa shape index (κ1) is 18.8. The van der Waals surface area contributed by atoms with Crippen LogP contribution in [0.5, 0.6) is 0 Å². The van der Waals surface area contributed by atoms with Gasteiger partial charge in [-0.3, -0.25) is 14.4 Å². The van der Waals surface area contributed by atoms with Crippen LogP contribution < -0.4 is 5.32 Å². The molecular weight excluding hydrogens is 280 g/mol. The van der Waals surface area contributed by atoms with E-state index in [4.69, 9.17) is 0 Å². The lowest BCUT2D eigenvalue weighted by Crippen LogP contribution is -2.45. The zero-order chi connectivity index (χ0) is 16.9. The van der Waals surface area contributed by atoms with Crippen molar-refractivity contribution in [2.24, 2.45) is 17.3 Å². The monoisotopic (exact) mass is 310 g/mol. The highest BCUT2D eigenvalue weighted by atomic mass is 16.2. The van der Waals surface area contributed by atoms with Crippen LogP contribution in [0.25, 0.3) is 0 Å². The van der Waals surface area contributed by atoms with Crippen LogP contribution in [0, 0.1) is 17.3 Å². The molecule has 1 rings (SSSR count). The Bertz CT molecular complexity index is 424. The second-order valence-corrected chi connectivity index (χ2v) is 7.54. The number of Topliss-reactive ketones (excluding diaryl/α,β-unsaturated/α-hetero) is 2. The van der Waals surface area contributed by atoms with Crippen molar-refractivity contribution in [3.8, 4) is 0 Å². The number of hydrogen-bond donors (Lipinski definition) is 1. The molecule has 0 heterocycles. The number of likely N-dealkylation sites (N-methyl/N-ethyl adjacent to an activating group) is 1. The number of nitrogens with zero attached hydrogens (tertiary/aromatic N) is 1. The molecule has 0 aromatic rings. The second-order valence-electron chi connectivity index (χ2n) is 7.54. The van der Waals surface area contributed by atoms with Gasteiger partial charge < -0.3 is 10.2 Å². The lowest BCUT2D eigenvalue weighted by Gasteiger charge is -2.30. The molecule has 1 fully saturated rings. The first-order chi connectivity index (χ1) is 10.1. The van der Waals surface area contributed by atoms with E-state index in [0.717, 1.165) is 19.4 Å². The molecule has 1 amide bonds. The Morgan fingerprint density at radius 2 is 1.59 bits per heavy atom. The largest absolute Gasteiger partial charge is 0.355 e. The fourth-order valence-electron chi connectivity index (χ4n) is 2.83. The van der Waals surface area contributed by atoms with Gasteiger partial charge in [0.15, 0.2) is 0 Å². The van der Waals surface area contributed by atoms with Gasteiger partial charge in [0.25, 0.3) is 0 Å². The van der Waals surface area contributed by atoms with E-state index in [2.05, 4.69) is 5.32 Å². The Labute approximate surface area is 133 Å². The standard InChI is InChI=1S/C17H30N2O3/c1-17(2,3)15(21)14(20)12-8-6-7-9-13(12)16(22)18-10-11-19(4)5/h12-13H,6-11H2,1-5H3,(H,18,22)/t12-,13+/m1/s1. The van der Waals surface area contributed by atoms with E-state index < -0.39 is 11.3 Å². The summed E-state index contributed by atoms with van der Waals surface area (Å²) >= 11 is 0. The molecule has 0 spiro atoms. The maximum Gasteiger partial charge on any atom is 0.223 e. The SMILES string of the molecule is CN(C)CCNC(=O)[C@H]1CCCC[C@H]1C(=O)C(=O)C(C)(C)C. The minimum absolute atomic E-state index is 0.0818. The first-order valence-corrected chi connectivity index (χ1v) is 8.15. The highest BCUT2D eigenvalue weighted by Crippen LogP contribution is 2.33. The molecule has 22 heavy (non-hydrogen) atoms. The Kier molecular flexibility index (Phi) is 6.72. The number of rotatable bonds is 6. The highest BCUT2D eigenvalue weighted by Gasteiger charge is 2.41. The van der Waals surface area contributed by atoms with E-state index in [1.807, 2.05) is 19.0 Å². The molecular formula is C17H30N2O3. The van der Waals surface area contributed by atoms with Gasteiger partial charge in [-0.05, 0) is 26.9 Å². The molecule has 5 nitrogen and oxygen atoms in total. The molecule has 2 atom stereocenters. The molecule has 1 aliphatic rings. The van der Waals surface area contributed by atoms with Gasteiger partial charge in [-0.15, -0.1) is 0 Å². The van der Waals surface area contributed by atoms with E-state index in [-0.39, 0.29) is 23.4 Å². The van der Waals surface area contributed by atoms with E-state index in [0.29, 0.717) is 19.4 Å². The van der Waals surface area contributed by atoms with Crippen molar-refractivity contribution in [1.29, 1.82) is 0 Å². The number of hydrogen-bond acceptors (Lipinski definition) is 4. The maximum atomic E-state index is 12.5. The smallest absolute Gasteiger partial charge is 0.223 e. The Morgan fingerprint density at radius 3 is 2.09 bits per heavy atom. The van der Waals surface area contributed by atoms with Crippen molar-refractivity contribution < 1.29 is 14.4 Å². The zero-order valence-corrected chi connectivity index (χ0v) is 14.6. The molecule has 1 aliphatic carbocycles. The molecule has 0 aromatic heterocycles. The third kappa shape index (κ3) is 5.20. The van der Waals surface area contributed by atoms with Crippen LogP contribution >= 0.6 is 0 Å². The number of ketones is 2. The predicted octanol–water partition coefficient (Wildman–Crippen LogP) is 1.65. The molecule has 5 heteroatoms. The van der Waals surface area contributed by atoms with Crippen molar-refractivity contribution in [2.45, 2.75) is 46.5 Å². The summed E-state index contributed by atoms with van der Waals surface area (Å²) in [4.78, 5) is 39.1. The van der Waals surface area contributed by atoms with Crippen LogP contribution in [0.3, 0.4) is 0 Å². The van der Waals surface area contributed by atoms with E-state index in [9.17, 15) is 14.4 Å². The number of carbonyl (C=O) groups is 3. The van der Waals surface area contributed by atoms with Gasteiger partial charge in [0.05, 0.1) is 0 Å². The Hall–Kier alpha value is -1.23. The summed E-state index contributed by atoms with van der Waals surface area (Å²) in [7, 11) is 3.89. The quantitative estimate of drug-likeness (QED) is 0.758. The average Bonchev–Trinajstić information content (AvgIpc) is 2.44. The van der Waals surface area contributed by atoms with Crippen molar-refractivity contribution in [3.63, 3.8) is 0 Å². The summed E-state index contributed by atoms with van der Waals surface area (Å²) in [5, 5.41) is 2.90. The summed E-state index contributed by atoms with van der Waals surface area (Å²) in [5.74, 6) is -1.60. The van der Waals surface area contributed by atoms with Crippen molar-refractivity contribution >= 4 is 17.5 Å². The van der Waals surface area contributed by atoms with Crippen LogP contribution in [0.1, 0.15) is 46.5 Å². The zero-order valence-electron chi connectivity index (χ0n) is 14.6. The minimum atomic E-state index is -0.680. The van der Waals surface area contributed by atoms with Gasteiger partial charge in [0.1, 0.15) is 0 Å². The normalized spacial score (nSPS) is 22.5. The van der Waals surface area contributed by atoms with Crippen LogP contribution in [0.15, 0.2) is 0 Å². The van der Waals surface area contributed by atoms with Crippen LogP contribution in [0.4, 0.5) is 0 Å². The molecule has 0 saturated heterocycles. The van der Waals surface area contributed by atoms with Gasteiger partial charge in [-0.1, -0.05) is 33.6 Å². The molecule has 1 saturated carbocycles. The summed E-state index contributed by atoms with van der Waals surface area (Å²) in [5.41, 5.74) is -0.680. The maximum absolute atomic E-state index is 12.5. The minimum Gasteiger partial charge on any atom is -0.355 e. The van der Waals surface area contributed by atoms with Crippen LogP contribution in [-0.4, -0.2) is 49.6 Å². The van der Waals surface area contributed by atoms with Crippen molar-refractivity contribution in [3.05, 3.63) is 0 Å². The van der Waals surface area contributed by atoms with E-state index in [1.54, 1.807) is 20.8 Å². The topological polar surface area (TPSA) is 66.5 Å². The number of carbonyl (C=O) groups excluding carboxylic acids is 3. The summed E-state index contributed by atoms with van der Waals surface area (Å²) in [6.45, 7) is 6.58. The van der Waals surface area contributed by atoms with E-state index in [1.165, 1.54) is 0 Å². The van der Waals surface area contributed by atoms with E-state index >= 15 is 0 Å². The van der Waals surface area contributed by atoms with Crippen LogP contribution in [-0.2, 0) is 14.4 Å². The third-order valence-electron chi connectivity index (χ3n) is 4.20. The predicted molar refractivity (Wildman–Crippen MR) is 86.5 cm³/mol. The molecule has 0 aliphatic heterocycles. The molecule has 0 unspecified atom stereocenters.